The number of hydrogen-bond acceptors (Lipinski definition) is 3. The average Bonchev–Trinajstić information content (AvgIpc) is 2.04. The lowest BCUT2D eigenvalue weighted by Crippen LogP contribution is -2.10. The number of benzene rings is 1. The van der Waals surface area contributed by atoms with Crippen LogP contribution in [0.1, 0.15) is 5.56 Å². The fourth-order valence-corrected chi connectivity index (χ4v) is 1.07. The van der Waals surface area contributed by atoms with Gasteiger partial charge in [-0.25, -0.2) is 0 Å². The van der Waals surface area contributed by atoms with Gasteiger partial charge in [0, 0.05) is 5.56 Å². The molecule has 3 heteroatoms. The monoisotopic (exact) mass is 167 g/mol. The van der Waals surface area contributed by atoms with Gasteiger partial charge >= 0.3 is 0 Å². The Morgan fingerprint density at radius 1 is 1.25 bits per heavy atom. The van der Waals surface area contributed by atoms with Crippen LogP contribution in [0, 0.1) is 0 Å². The van der Waals surface area contributed by atoms with Crippen molar-refractivity contribution in [3.63, 3.8) is 0 Å². The minimum atomic E-state index is 0.158. The summed E-state index contributed by atoms with van der Waals surface area (Å²) in [5, 5.41) is 21.6. The van der Waals surface area contributed by atoms with E-state index in [2.05, 4.69) is 5.32 Å². The largest absolute Gasteiger partial charge is 0.508 e. The molecule has 0 bridgehead atoms. The van der Waals surface area contributed by atoms with Crippen LogP contribution in [0.3, 0.4) is 0 Å². The molecule has 0 saturated heterocycles. The van der Waals surface area contributed by atoms with Gasteiger partial charge in [-0.2, -0.15) is 0 Å². The number of phenolic OH excluding ortho intramolecular Hbond substituents is 2. The van der Waals surface area contributed by atoms with Gasteiger partial charge in [-0.05, 0) is 32.1 Å². The van der Waals surface area contributed by atoms with Gasteiger partial charge < -0.3 is 15.5 Å². The first-order chi connectivity index (χ1) is 5.75. The quantitative estimate of drug-likeness (QED) is 0.625. The molecule has 0 aromatic heterocycles. The molecule has 0 unspecified atom stereocenters. The van der Waals surface area contributed by atoms with Crippen LogP contribution in [0.15, 0.2) is 18.2 Å². The SMILES string of the molecule is CNCCc1c(O)cccc1O. The molecule has 12 heavy (non-hydrogen) atoms. The molecular weight excluding hydrogens is 154 g/mol. The van der Waals surface area contributed by atoms with E-state index in [1.54, 1.807) is 18.2 Å². The number of phenols is 2. The third kappa shape index (κ3) is 1.89. The molecule has 3 N–H and O–H groups in total. The van der Waals surface area contributed by atoms with Crippen molar-refractivity contribution in [3.05, 3.63) is 23.8 Å². The van der Waals surface area contributed by atoms with Gasteiger partial charge in [-0.15, -0.1) is 0 Å². The topological polar surface area (TPSA) is 52.5 Å². The highest BCUT2D eigenvalue weighted by atomic mass is 16.3. The smallest absolute Gasteiger partial charge is 0.122 e. The molecule has 0 saturated carbocycles. The predicted octanol–water partition coefficient (Wildman–Crippen LogP) is 0.860. The summed E-state index contributed by atoms with van der Waals surface area (Å²) < 4.78 is 0. The Labute approximate surface area is 71.7 Å². The molecule has 1 rings (SSSR count). The summed E-state index contributed by atoms with van der Waals surface area (Å²) in [6.07, 6.45) is 0.634. The Balaban J connectivity index is 2.81. The molecule has 3 nitrogen and oxygen atoms in total. The van der Waals surface area contributed by atoms with Crippen LogP contribution in [0.25, 0.3) is 0 Å². The highest BCUT2D eigenvalue weighted by Crippen LogP contribution is 2.25. The van der Waals surface area contributed by atoms with Crippen LogP contribution in [-0.2, 0) is 6.42 Å². The van der Waals surface area contributed by atoms with Crippen molar-refractivity contribution >= 4 is 0 Å². The Morgan fingerprint density at radius 3 is 2.33 bits per heavy atom. The van der Waals surface area contributed by atoms with Crippen LogP contribution < -0.4 is 5.32 Å². The second-order valence-electron chi connectivity index (χ2n) is 2.63. The molecule has 0 aliphatic heterocycles. The van der Waals surface area contributed by atoms with Crippen LogP contribution >= 0.6 is 0 Å². The zero-order chi connectivity index (χ0) is 8.97. The van der Waals surface area contributed by atoms with Gasteiger partial charge in [0.25, 0.3) is 0 Å². The van der Waals surface area contributed by atoms with Gasteiger partial charge in [-0.3, -0.25) is 0 Å². The first-order valence-corrected chi connectivity index (χ1v) is 3.90. The molecule has 0 spiro atoms. The zero-order valence-electron chi connectivity index (χ0n) is 7.04. The van der Waals surface area contributed by atoms with Gasteiger partial charge in [0.15, 0.2) is 0 Å². The van der Waals surface area contributed by atoms with E-state index < -0.39 is 0 Å². The van der Waals surface area contributed by atoms with Gasteiger partial charge in [-0.1, -0.05) is 6.07 Å². The Hall–Kier alpha value is -1.22. The van der Waals surface area contributed by atoms with Gasteiger partial charge in [0.1, 0.15) is 11.5 Å². The Kier molecular flexibility index (Phi) is 2.94. The first kappa shape index (κ1) is 8.87. The van der Waals surface area contributed by atoms with Gasteiger partial charge in [0.2, 0.25) is 0 Å². The number of nitrogens with one attached hydrogen (secondary N) is 1. The van der Waals surface area contributed by atoms with Crippen LogP contribution in [0.4, 0.5) is 0 Å². The van der Waals surface area contributed by atoms with Crippen molar-refractivity contribution in [2.75, 3.05) is 13.6 Å². The summed E-state index contributed by atoms with van der Waals surface area (Å²) in [5.74, 6) is 0.315. The maximum Gasteiger partial charge on any atom is 0.122 e. The molecule has 66 valence electrons. The van der Waals surface area contributed by atoms with E-state index in [0.29, 0.717) is 12.0 Å². The summed E-state index contributed by atoms with van der Waals surface area (Å²) in [6, 6.07) is 4.77. The number of likely N-dealkylation sites (N-methyl/N-ethyl adjacent to an activating group) is 1. The maximum atomic E-state index is 9.33. The summed E-state index contributed by atoms with van der Waals surface area (Å²) in [6.45, 7) is 0.741. The number of hydrogen-bond donors (Lipinski definition) is 3. The third-order valence-corrected chi connectivity index (χ3v) is 1.75. The van der Waals surface area contributed by atoms with Crippen molar-refractivity contribution < 1.29 is 10.2 Å². The third-order valence-electron chi connectivity index (χ3n) is 1.75. The summed E-state index contributed by atoms with van der Waals surface area (Å²) in [7, 11) is 1.83. The molecule has 0 aliphatic carbocycles. The molecular formula is C9H13NO2. The molecule has 0 aliphatic rings. The molecule has 1 aromatic rings. The lowest BCUT2D eigenvalue weighted by molar-refractivity contribution is 0.437. The van der Waals surface area contributed by atoms with E-state index in [-0.39, 0.29) is 11.5 Å². The molecule has 0 atom stereocenters. The van der Waals surface area contributed by atoms with E-state index in [0.717, 1.165) is 6.54 Å². The summed E-state index contributed by atoms with van der Waals surface area (Å²) in [5.41, 5.74) is 0.604. The second kappa shape index (κ2) is 3.97. The first-order valence-electron chi connectivity index (χ1n) is 3.90. The zero-order valence-corrected chi connectivity index (χ0v) is 7.04. The highest BCUT2D eigenvalue weighted by Gasteiger charge is 2.04. The Morgan fingerprint density at radius 2 is 1.83 bits per heavy atom. The fraction of sp³-hybridized carbons (Fsp3) is 0.333. The minimum absolute atomic E-state index is 0.158. The fourth-order valence-electron chi connectivity index (χ4n) is 1.07. The predicted molar refractivity (Wildman–Crippen MR) is 47.4 cm³/mol. The molecule has 1 aromatic carbocycles. The molecule has 0 amide bonds. The van der Waals surface area contributed by atoms with E-state index in [1.165, 1.54) is 0 Å². The second-order valence-corrected chi connectivity index (χ2v) is 2.63. The van der Waals surface area contributed by atoms with Crippen molar-refractivity contribution in [1.82, 2.24) is 5.32 Å². The average molecular weight is 167 g/mol. The molecule has 0 heterocycles. The van der Waals surface area contributed by atoms with E-state index in [1.807, 2.05) is 7.05 Å². The lowest BCUT2D eigenvalue weighted by Gasteiger charge is -2.05. The summed E-state index contributed by atoms with van der Waals surface area (Å²) in [4.78, 5) is 0. The van der Waals surface area contributed by atoms with E-state index >= 15 is 0 Å². The van der Waals surface area contributed by atoms with Crippen LogP contribution in [0.5, 0.6) is 11.5 Å². The van der Waals surface area contributed by atoms with Crippen molar-refractivity contribution in [1.29, 1.82) is 0 Å². The molecule has 0 radical (unpaired) electrons. The van der Waals surface area contributed by atoms with E-state index in [9.17, 15) is 10.2 Å². The highest BCUT2D eigenvalue weighted by molar-refractivity contribution is 5.42. The molecule has 0 fully saturated rings. The number of aromatic hydroxyl groups is 2. The normalized spacial score (nSPS) is 10.1. The Bertz CT molecular complexity index is 240. The number of rotatable bonds is 3. The van der Waals surface area contributed by atoms with Crippen LogP contribution in [-0.4, -0.2) is 23.8 Å². The standard InChI is InChI=1S/C9H13NO2/c1-10-6-5-7-8(11)3-2-4-9(7)12/h2-4,10-12H,5-6H2,1H3. The van der Waals surface area contributed by atoms with E-state index in [4.69, 9.17) is 0 Å². The van der Waals surface area contributed by atoms with Crippen molar-refractivity contribution in [3.8, 4) is 11.5 Å². The minimum Gasteiger partial charge on any atom is -0.508 e. The van der Waals surface area contributed by atoms with Crippen molar-refractivity contribution in [2.45, 2.75) is 6.42 Å². The lowest BCUT2D eigenvalue weighted by atomic mass is 10.1. The van der Waals surface area contributed by atoms with Crippen molar-refractivity contribution in [2.24, 2.45) is 0 Å². The maximum absolute atomic E-state index is 9.33. The van der Waals surface area contributed by atoms with Gasteiger partial charge in [0.05, 0.1) is 0 Å². The van der Waals surface area contributed by atoms with Crippen LogP contribution in [0.2, 0.25) is 0 Å². The summed E-state index contributed by atoms with van der Waals surface area (Å²) >= 11 is 0.